The molecule has 0 aromatic carbocycles. The van der Waals surface area contributed by atoms with Gasteiger partial charge in [0.15, 0.2) is 5.82 Å². The molecule has 0 amide bonds. The maximum Gasteiger partial charge on any atom is 0.226 e. The molecule has 0 spiro atoms. The van der Waals surface area contributed by atoms with Crippen LogP contribution in [0.1, 0.15) is 75.9 Å². The van der Waals surface area contributed by atoms with Gasteiger partial charge in [0.25, 0.3) is 0 Å². The van der Waals surface area contributed by atoms with E-state index < -0.39 is 0 Å². The highest BCUT2D eigenvalue weighted by Crippen LogP contribution is 2.33. The quantitative estimate of drug-likeness (QED) is 0.850. The first-order chi connectivity index (χ1) is 9.26. The third-order valence-electron chi connectivity index (χ3n) is 4.85. The van der Waals surface area contributed by atoms with Gasteiger partial charge in [0.1, 0.15) is 0 Å². The summed E-state index contributed by atoms with van der Waals surface area (Å²) in [7, 11) is 0. The summed E-state index contributed by atoms with van der Waals surface area (Å²) in [5.41, 5.74) is 6.18. The molecular formula is C15H25N3O. The molecule has 2 aliphatic carbocycles. The van der Waals surface area contributed by atoms with Gasteiger partial charge in [-0.3, -0.25) is 0 Å². The first-order valence-electron chi connectivity index (χ1n) is 7.88. The molecule has 2 aliphatic rings. The van der Waals surface area contributed by atoms with E-state index in [1.54, 1.807) is 0 Å². The average Bonchev–Trinajstić information content (AvgIpc) is 3.02. The van der Waals surface area contributed by atoms with E-state index in [4.69, 9.17) is 10.3 Å². The van der Waals surface area contributed by atoms with Gasteiger partial charge in [-0.25, -0.2) is 0 Å². The Balaban J connectivity index is 1.68. The molecule has 106 valence electrons. The van der Waals surface area contributed by atoms with Gasteiger partial charge in [0.05, 0.1) is 5.54 Å². The molecule has 19 heavy (non-hydrogen) atoms. The van der Waals surface area contributed by atoms with Crippen molar-refractivity contribution in [1.29, 1.82) is 0 Å². The van der Waals surface area contributed by atoms with Crippen LogP contribution in [0.2, 0.25) is 0 Å². The van der Waals surface area contributed by atoms with Crippen molar-refractivity contribution in [3.05, 3.63) is 11.7 Å². The Hall–Kier alpha value is -0.900. The van der Waals surface area contributed by atoms with Crippen LogP contribution in [0.25, 0.3) is 0 Å². The number of hydrogen-bond acceptors (Lipinski definition) is 4. The molecule has 2 N–H and O–H groups in total. The third kappa shape index (κ3) is 2.99. The highest BCUT2D eigenvalue weighted by Gasteiger charge is 2.33. The summed E-state index contributed by atoms with van der Waals surface area (Å²) < 4.78 is 5.44. The van der Waals surface area contributed by atoms with Crippen molar-refractivity contribution in [1.82, 2.24) is 10.1 Å². The summed E-state index contributed by atoms with van der Waals surface area (Å²) in [6.45, 7) is 0. The van der Waals surface area contributed by atoms with Crippen molar-refractivity contribution in [3.63, 3.8) is 0 Å². The van der Waals surface area contributed by atoms with Crippen molar-refractivity contribution in [2.24, 2.45) is 11.7 Å². The molecule has 0 atom stereocenters. The summed E-state index contributed by atoms with van der Waals surface area (Å²) in [6, 6.07) is 0. The summed E-state index contributed by atoms with van der Waals surface area (Å²) in [5.74, 6) is 2.30. The van der Waals surface area contributed by atoms with Crippen LogP contribution in [0.4, 0.5) is 0 Å². The van der Waals surface area contributed by atoms with Gasteiger partial charge in [-0.2, -0.15) is 4.98 Å². The second kappa shape index (κ2) is 5.61. The minimum atomic E-state index is -0.339. The highest BCUT2D eigenvalue weighted by molar-refractivity contribution is 5.05. The van der Waals surface area contributed by atoms with E-state index in [0.717, 1.165) is 36.9 Å². The Kier molecular flexibility index (Phi) is 3.87. The van der Waals surface area contributed by atoms with Crippen molar-refractivity contribution < 1.29 is 4.52 Å². The van der Waals surface area contributed by atoms with Gasteiger partial charge in [-0.05, 0) is 31.6 Å². The Labute approximate surface area is 115 Å². The lowest BCUT2D eigenvalue weighted by atomic mass is 9.91. The Morgan fingerprint density at radius 3 is 2.42 bits per heavy atom. The summed E-state index contributed by atoms with van der Waals surface area (Å²) in [4.78, 5) is 4.61. The van der Waals surface area contributed by atoms with Crippen LogP contribution in [0.5, 0.6) is 0 Å². The number of nitrogens with zero attached hydrogens (tertiary/aromatic N) is 2. The topological polar surface area (TPSA) is 64.9 Å². The smallest absolute Gasteiger partial charge is 0.226 e. The van der Waals surface area contributed by atoms with E-state index in [2.05, 4.69) is 10.1 Å². The Morgan fingerprint density at radius 2 is 1.74 bits per heavy atom. The molecule has 0 aliphatic heterocycles. The van der Waals surface area contributed by atoms with Gasteiger partial charge in [0.2, 0.25) is 5.89 Å². The average molecular weight is 263 g/mol. The molecule has 2 fully saturated rings. The van der Waals surface area contributed by atoms with Gasteiger partial charge >= 0.3 is 0 Å². The predicted molar refractivity (Wildman–Crippen MR) is 73.5 cm³/mol. The molecule has 1 aromatic rings. The fourth-order valence-electron chi connectivity index (χ4n) is 3.58. The lowest BCUT2D eigenvalue weighted by molar-refractivity contribution is 0.318. The van der Waals surface area contributed by atoms with Crippen LogP contribution in [0, 0.1) is 5.92 Å². The van der Waals surface area contributed by atoms with Crippen molar-refractivity contribution in [2.45, 2.75) is 76.2 Å². The van der Waals surface area contributed by atoms with E-state index in [-0.39, 0.29) is 5.54 Å². The molecule has 0 unspecified atom stereocenters. The second-order valence-electron chi connectivity index (χ2n) is 6.44. The zero-order valence-electron chi connectivity index (χ0n) is 11.7. The van der Waals surface area contributed by atoms with E-state index in [1.807, 2.05) is 0 Å². The predicted octanol–water partition coefficient (Wildman–Crippen LogP) is 3.31. The molecule has 1 heterocycles. The normalized spacial score (nSPS) is 24.5. The monoisotopic (exact) mass is 263 g/mol. The van der Waals surface area contributed by atoms with Gasteiger partial charge in [-0.15, -0.1) is 0 Å². The van der Waals surface area contributed by atoms with Crippen molar-refractivity contribution in [3.8, 4) is 0 Å². The van der Waals surface area contributed by atoms with Crippen LogP contribution in [0.3, 0.4) is 0 Å². The second-order valence-corrected chi connectivity index (χ2v) is 6.44. The van der Waals surface area contributed by atoms with Crippen LogP contribution in [-0.2, 0) is 12.0 Å². The van der Waals surface area contributed by atoms with Crippen molar-refractivity contribution in [2.75, 3.05) is 0 Å². The maximum absolute atomic E-state index is 6.52. The zero-order chi connectivity index (χ0) is 13.1. The SMILES string of the molecule is NC1(c2noc(CC3CCCC3)n2)CCCCCC1. The highest BCUT2D eigenvalue weighted by atomic mass is 16.5. The van der Waals surface area contributed by atoms with E-state index in [1.165, 1.54) is 51.4 Å². The molecule has 0 bridgehead atoms. The molecule has 1 aromatic heterocycles. The molecule has 0 radical (unpaired) electrons. The lowest BCUT2D eigenvalue weighted by Crippen LogP contribution is -2.37. The van der Waals surface area contributed by atoms with Gasteiger partial charge in [-0.1, -0.05) is 43.7 Å². The minimum Gasteiger partial charge on any atom is -0.339 e. The van der Waals surface area contributed by atoms with Crippen LogP contribution < -0.4 is 5.73 Å². The van der Waals surface area contributed by atoms with Crippen LogP contribution in [-0.4, -0.2) is 10.1 Å². The van der Waals surface area contributed by atoms with E-state index >= 15 is 0 Å². The molecular weight excluding hydrogens is 238 g/mol. The Bertz CT molecular complexity index is 401. The van der Waals surface area contributed by atoms with Gasteiger partial charge in [0, 0.05) is 6.42 Å². The first kappa shape index (κ1) is 13.1. The first-order valence-corrected chi connectivity index (χ1v) is 7.88. The third-order valence-corrected chi connectivity index (χ3v) is 4.85. The largest absolute Gasteiger partial charge is 0.339 e. The number of hydrogen-bond donors (Lipinski definition) is 1. The van der Waals surface area contributed by atoms with Crippen LogP contribution >= 0.6 is 0 Å². The molecule has 3 rings (SSSR count). The fraction of sp³-hybridized carbons (Fsp3) is 0.867. The number of rotatable bonds is 3. The van der Waals surface area contributed by atoms with Gasteiger partial charge < -0.3 is 10.3 Å². The summed E-state index contributed by atoms with van der Waals surface area (Å²) in [5, 5.41) is 4.18. The lowest BCUT2D eigenvalue weighted by Gasteiger charge is -2.23. The molecule has 4 heteroatoms. The minimum absolute atomic E-state index is 0.339. The zero-order valence-corrected chi connectivity index (χ0v) is 11.7. The number of nitrogens with two attached hydrogens (primary N) is 1. The number of aromatic nitrogens is 2. The van der Waals surface area contributed by atoms with E-state index in [0.29, 0.717) is 0 Å². The van der Waals surface area contributed by atoms with Crippen molar-refractivity contribution >= 4 is 0 Å². The standard InChI is InChI=1S/C15H25N3O/c16-15(9-5-1-2-6-10-15)14-17-13(19-18-14)11-12-7-3-4-8-12/h12H,1-11,16H2. The molecule has 4 nitrogen and oxygen atoms in total. The summed E-state index contributed by atoms with van der Waals surface area (Å²) in [6.07, 6.45) is 13.2. The van der Waals surface area contributed by atoms with E-state index in [9.17, 15) is 0 Å². The fourth-order valence-corrected chi connectivity index (χ4v) is 3.58. The maximum atomic E-state index is 6.52. The summed E-state index contributed by atoms with van der Waals surface area (Å²) >= 11 is 0. The Morgan fingerprint density at radius 1 is 1.05 bits per heavy atom. The molecule has 2 saturated carbocycles. The van der Waals surface area contributed by atoms with Crippen LogP contribution in [0.15, 0.2) is 4.52 Å². The molecule has 0 saturated heterocycles.